The second kappa shape index (κ2) is 7.44. The SMILES string of the molecule is CCCc1ccc(NC(=O)c2c[nH]c3ccccc3c2=O)cc1N(C)C. The molecule has 0 atom stereocenters. The number of H-pyrrole nitrogens is 1. The number of amides is 1. The van der Waals surface area contributed by atoms with Gasteiger partial charge in [-0.1, -0.05) is 31.5 Å². The van der Waals surface area contributed by atoms with Crippen LogP contribution in [0.2, 0.25) is 0 Å². The predicted octanol–water partition coefficient (Wildman–Crippen LogP) is 3.80. The van der Waals surface area contributed by atoms with Crippen LogP contribution in [0.5, 0.6) is 0 Å². The van der Waals surface area contributed by atoms with E-state index in [2.05, 4.69) is 17.2 Å². The van der Waals surface area contributed by atoms with Crippen LogP contribution >= 0.6 is 0 Å². The molecular formula is C21H23N3O2. The van der Waals surface area contributed by atoms with Crippen LogP contribution in [0.3, 0.4) is 0 Å². The Hall–Kier alpha value is -3.08. The van der Waals surface area contributed by atoms with Gasteiger partial charge in [0.25, 0.3) is 5.91 Å². The zero-order chi connectivity index (χ0) is 18.7. The molecule has 0 fully saturated rings. The summed E-state index contributed by atoms with van der Waals surface area (Å²) in [7, 11) is 3.96. The average Bonchev–Trinajstić information content (AvgIpc) is 2.63. The van der Waals surface area contributed by atoms with Crippen molar-refractivity contribution in [3.63, 3.8) is 0 Å². The molecule has 0 aliphatic rings. The number of hydrogen-bond acceptors (Lipinski definition) is 3. The lowest BCUT2D eigenvalue weighted by Crippen LogP contribution is -2.22. The van der Waals surface area contributed by atoms with Gasteiger partial charge in [-0.25, -0.2) is 0 Å². The van der Waals surface area contributed by atoms with Gasteiger partial charge in [0.15, 0.2) is 0 Å². The number of para-hydroxylation sites is 1. The largest absolute Gasteiger partial charge is 0.377 e. The zero-order valence-corrected chi connectivity index (χ0v) is 15.3. The van der Waals surface area contributed by atoms with Crippen molar-refractivity contribution in [2.24, 2.45) is 0 Å². The van der Waals surface area contributed by atoms with E-state index in [-0.39, 0.29) is 11.0 Å². The Morgan fingerprint density at radius 2 is 1.92 bits per heavy atom. The first-order valence-electron chi connectivity index (χ1n) is 8.73. The highest BCUT2D eigenvalue weighted by Crippen LogP contribution is 2.25. The molecule has 26 heavy (non-hydrogen) atoms. The number of aromatic nitrogens is 1. The Balaban J connectivity index is 1.92. The number of benzene rings is 2. The molecule has 1 amide bonds. The smallest absolute Gasteiger partial charge is 0.261 e. The third-order valence-electron chi connectivity index (χ3n) is 4.38. The molecule has 0 spiro atoms. The Kier molecular flexibility index (Phi) is 5.07. The molecule has 3 aromatic rings. The highest BCUT2D eigenvalue weighted by Gasteiger charge is 2.14. The molecule has 5 nitrogen and oxygen atoms in total. The van der Waals surface area contributed by atoms with Crippen molar-refractivity contribution >= 4 is 28.2 Å². The standard InChI is InChI=1S/C21H23N3O2/c1-4-7-14-10-11-15(12-19(14)24(2)3)23-21(26)17-13-22-18-9-6-5-8-16(18)20(17)25/h5-6,8-13H,4,7H2,1-3H3,(H,22,25)(H,23,26). The number of pyridine rings is 1. The summed E-state index contributed by atoms with van der Waals surface area (Å²) in [6.45, 7) is 2.14. The van der Waals surface area contributed by atoms with Gasteiger partial charge in [-0.05, 0) is 36.2 Å². The van der Waals surface area contributed by atoms with E-state index in [0.29, 0.717) is 16.6 Å². The third-order valence-corrected chi connectivity index (χ3v) is 4.38. The molecule has 2 N–H and O–H groups in total. The molecule has 1 aromatic heterocycles. The van der Waals surface area contributed by atoms with Crippen LogP contribution in [0.1, 0.15) is 29.3 Å². The molecular weight excluding hydrogens is 326 g/mol. The van der Waals surface area contributed by atoms with Crippen LogP contribution in [-0.2, 0) is 6.42 Å². The van der Waals surface area contributed by atoms with Crippen molar-refractivity contribution in [2.45, 2.75) is 19.8 Å². The van der Waals surface area contributed by atoms with Gasteiger partial charge in [-0.2, -0.15) is 0 Å². The lowest BCUT2D eigenvalue weighted by molar-refractivity contribution is 0.102. The molecule has 3 rings (SSSR count). The van der Waals surface area contributed by atoms with Gasteiger partial charge < -0.3 is 15.2 Å². The minimum absolute atomic E-state index is 0.104. The van der Waals surface area contributed by atoms with Crippen LogP contribution in [0, 0.1) is 0 Å². The van der Waals surface area contributed by atoms with Crippen LogP contribution in [0.4, 0.5) is 11.4 Å². The number of nitrogens with zero attached hydrogens (tertiary/aromatic N) is 1. The second-order valence-corrected chi connectivity index (χ2v) is 6.52. The van der Waals surface area contributed by atoms with Gasteiger partial charge in [0.05, 0.1) is 0 Å². The van der Waals surface area contributed by atoms with E-state index in [0.717, 1.165) is 18.5 Å². The summed E-state index contributed by atoms with van der Waals surface area (Å²) in [6, 6.07) is 13.0. The molecule has 134 valence electrons. The summed E-state index contributed by atoms with van der Waals surface area (Å²) in [4.78, 5) is 30.3. The molecule has 5 heteroatoms. The molecule has 0 aliphatic carbocycles. The highest BCUT2D eigenvalue weighted by molar-refractivity contribution is 6.05. The summed E-state index contributed by atoms with van der Waals surface area (Å²) >= 11 is 0. The highest BCUT2D eigenvalue weighted by atomic mass is 16.2. The topological polar surface area (TPSA) is 65.2 Å². The van der Waals surface area contributed by atoms with Gasteiger partial charge in [0.2, 0.25) is 5.43 Å². The predicted molar refractivity (Wildman–Crippen MR) is 107 cm³/mol. The molecule has 1 heterocycles. The van der Waals surface area contributed by atoms with Gasteiger partial charge in [-0.15, -0.1) is 0 Å². The fourth-order valence-corrected chi connectivity index (χ4v) is 3.07. The fourth-order valence-electron chi connectivity index (χ4n) is 3.07. The van der Waals surface area contributed by atoms with E-state index in [9.17, 15) is 9.59 Å². The first kappa shape index (κ1) is 17.7. The van der Waals surface area contributed by atoms with Crippen molar-refractivity contribution in [1.82, 2.24) is 4.98 Å². The van der Waals surface area contributed by atoms with E-state index < -0.39 is 5.91 Å². The van der Waals surface area contributed by atoms with Crippen LogP contribution in [-0.4, -0.2) is 25.0 Å². The maximum Gasteiger partial charge on any atom is 0.261 e. The van der Waals surface area contributed by atoms with Gasteiger partial charge in [-0.3, -0.25) is 9.59 Å². The van der Waals surface area contributed by atoms with Gasteiger partial charge in [0.1, 0.15) is 5.56 Å². The lowest BCUT2D eigenvalue weighted by atomic mass is 10.1. The number of rotatable bonds is 5. The molecule has 0 radical (unpaired) electrons. The normalized spacial score (nSPS) is 10.7. The summed E-state index contributed by atoms with van der Waals surface area (Å²) in [5.41, 5.74) is 3.52. The average molecular weight is 349 g/mol. The quantitative estimate of drug-likeness (QED) is 0.736. The van der Waals surface area contributed by atoms with E-state index in [1.54, 1.807) is 12.1 Å². The molecule has 0 bridgehead atoms. The molecule has 2 aromatic carbocycles. The zero-order valence-electron chi connectivity index (χ0n) is 15.3. The van der Waals surface area contributed by atoms with Crippen LogP contribution in [0.15, 0.2) is 53.5 Å². The number of nitrogens with one attached hydrogen (secondary N) is 2. The van der Waals surface area contributed by atoms with Crippen molar-refractivity contribution in [2.75, 3.05) is 24.3 Å². The van der Waals surface area contributed by atoms with Gasteiger partial charge >= 0.3 is 0 Å². The number of carbonyl (C=O) groups excluding carboxylic acids is 1. The van der Waals surface area contributed by atoms with Crippen molar-refractivity contribution in [3.05, 3.63) is 70.0 Å². The molecule has 0 saturated heterocycles. The van der Waals surface area contributed by atoms with E-state index >= 15 is 0 Å². The van der Waals surface area contributed by atoms with Crippen molar-refractivity contribution < 1.29 is 4.79 Å². The molecule has 0 aliphatic heterocycles. The number of hydrogen-bond donors (Lipinski definition) is 2. The number of aromatic amines is 1. The monoisotopic (exact) mass is 349 g/mol. The van der Waals surface area contributed by atoms with E-state index in [4.69, 9.17) is 0 Å². The number of anilines is 2. The maximum atomic E-state index is 12.6. The first-order valence-corrected chi connectivity index (χ1v) is 8.73. The number of aryl methyl sites for hydroxylation is 1. The Labute approximate surface area is 152 Å². The van der Waals surface area contributed by atoms with Gasteiger partial charge in [0, 0.05) is 42.6 Å². The number of carbonyl (C=O) groups is 1. The first-order chi connectivity index (χ1) is 12.5. The van der Waals surface area contributed by atoms with E-state index in [1.165, 1.54) is 11.8 Å². The Bertz CT molecular complexity index is 1010. The maximum absolute atomic E-state index is 12.6. The van der Waals surface area contributed by atoms with Crippen molar-refractivity contribution in [3.8, 4) is 0 Å². The summed E-state index contributed by atoms with van der Waals surface area (Å²) in [5.74, 6) is -0.412. The fraction of sp³-hybridized carbons (Fsp3) is 0.238. The Morgan fingerprint density at radius 1 is 1.15 bits per heavy atom. The second-order valence-electron chi connectivity index (χ2n) is 6.52. The summed E-state index contributed by atoms with van der Waals surface area (Å²) in [6.07, 6.45) is 3.50. The van der Waals surface area contributed by atoms with Crippen LogP contribution < -0.4 is 15.6 Å². The minimum Gasteiger partial charge on any atom is -0.377 e. The van der Waals surface area contributed by atoms with Crippen LogP contribution in [0.25, 0.3) is 10.9 Å². The Morgan fingerprint density at radius 3 is 2.65 bits per heavy atom. The number of fused-ring (bicyclic) bond motifs is 1. The van der Waals surface area contributed by atoms with Crippen molar-refractivity contribution in [1.29, 1.82) is 0 Å². The minimum atomic E-state index is -0.412. The van der Waals surface area contributed by atoms with E-state index in [1.807, 2.05) is 49.3 Å². The molecule has 0 saturated carbocycles. The summed E-state index contributed by atoms with van der Waals surface area (Å²) < 4.78 is 0. The lowest BCUT2D eigenvalue weighted by Gasteiger charge is -2.19. The summed E-state index contributed by atoms with van der Waals surface area (Å²) in [5, 5.41) is 3.35. The molecule has 0 unspecified atom stereocenters. The third kappa shape index (κ3) is 3.47.